The van der Waals surface area contributed by atoms with E-state index in [1.54, 1.807) is 24.3 Å². The highest BCUT2D eigenvalue weighted by Crippen LogP contribution is 2.34. The Morgan fingerprint density at radius 2 is 1.88 bits per heavy atom. The van der Waals surface area contributed by atoms with Crippen molar-refractivity contribution in [2.75, 3.05) is 0 Å². The van der Waals surface area contributed by atoms with E-state index >= 15 is 0 Å². The van der Waals surface area contributed by atoms with E-state index in [2.05, 4.69) is 21.2 Å². The summed E-state index contributed by atoms with van der Waals surface area (Å²) in [6.45, 7) is 2.12. The van der Waals surface area contributed by atoms with Gasteiger partial charge in [-0.25, -0.2) is 4.79 Å². The van der Waals surface area contributed by atoms with E-state index in [0.717, 1.165) is 15.6 Å². The van der Waals surface area contributed by atoms with Crippen LogP contribution in [0.1, 0.15) is 24.5 Å². The van der Waals surface area contributed by atoms with Crippen LogP contribution in [0, 0.1) is 0 Å². The summed E-state index contributed by atoms with van der Waals surface area (Å²) in [5.74, 6) is -0.239. The molecule has 2 aromatic rings. The lowest BCUT2D eigenvalue weighted by Crippen LogP contribution is -2.43. The molecule has 0 spiro atoms. The van der Waals surface area contributed by atoms with Gasteiger partial charge in [0.1, 0.15) is 5.54 Å². The Balaban J connectivity index is 1.93. The molecule has 0 radical (unpaired) electrons. The second kappa shape index (κ2) is 6.57. The minimum atomic E-state index is -1.03. The second-order valence-electron chi connectivity index (χ2n) is 5.72. The third-order valence-corrected chi connectivity index (χ3v) is 5.02. The van der Waals surface area contributed by atoms with Crippen molar-refractivity contribution in [3.63, 3.8) is 0 Å². The molecule has 3 rings (SSSR count). The number of halogens is 2. The van der Waals surface area contributed by atoms with Crippen LogP contribution in [0.3, 0.4) is 0 Å². The average molecular weight is 408 g/mol. The smallest absolute Gasteiger partial charge is 0.319 e. The molecule has 4 nitrogen and oxygen atoms in total. The molecule has 1 heterocycles. The first kappa shape index (κ1) is 17.0. The average Bonchev–Trinajstić information content (AvgIpc) is 2.81. The second-order valence-corrected chi connectivity index (χ2v) is 7.07. The molecule has 0 bridgehead atoms. The van der Waals surface area contributed by atoms with Gasteiger partial charge in [0.25, 0.3) is 5.91 Å². The maximum absolute atomic E-state index is 13.0. The lowest BCUT2D eigenvalue weighted by atomic mass is 9.87. The third-order valence-electron chi connectivity index (χ3n) is 4.27. The van der Waals surface area contributed by atoms with Gasteiger partial charge in [0.05, 0.1) is 6.54 Å². The van der Waals surface area contributed by atoms with Gasteiger partial charge in [0.15, 0.2) is 0 Å². The summed E-state index contributed by atoms with van der Waals surface area (Å²) in [7, 11) is 0. The molecular formula is C18H16BrClN2O2. The number of imide groups is 1. The first-order valence-electron chi connectivity index (χ1n) is 7.61. The molecule has 0 saturated carbocycles. The van der Waals surface area contributed by atoms with Crippen molar-refractivity contribution in [1.82, 2.24) is 10.2 Å². The Morgan fingerprint density at radius 3 is 2.50 bits per heavy atom. The van der Waals surface area contributed by atoms with Crippen molar-refractivity contribution in [3.05, 3.63) is 69.2 Å². The van der Waals surface area contributed by atoms with Crippen LogP contribution in [-0.4, -0.2) is 16.8 Å². The van der Waals surface area contributed by atoms with Crippen molar-refractivity contribution < 1.29 is 9.59 Å². The fourth-order valence-electron chi connectivity index (χ4n) is 2.96. The highest BCUT2D eigenvalue weighted by molar-refractivity contribution is 9.10. The quantitative estimate of drug-likeness (QED) is 0.761. The Bertz CT molecular complexity index is 794. The summed E-state index contributed by atoms with van der Waals surface area (Å²) < 4.78 is 0.909. The van der Waals surface area contributed by atoms with Crippen LogP contribution in [-0.2, 0) is 16.9 Å². The van der Waals surface area contributed by atoms with Gasteiger partial charge in [-0.3, -0.25) is 9.69 Å². The predicted octanol–water partition coefficient (Wildman–Crippen LogP) is 4.46. The summed E-state index contributed by atoms with van der Waals surface area (Å²) in [5.41, 5.74) is 0.591. The lowest BCUT2D eigenvalue weighted by Gasteiger charge is -2.26. The molecule has 124 valence electrons. The molecule has 0 unspecified atom stereocenters. The topological polar surface area (TPSA) is 49.4 Å². The molecule has 6 heteroatoms. The SMILES string of the molecule is CC[C@@]1(c2ccc(Cl)cc2)NC(=O)N(Cc2cccc(Br)c2)C1=O. The van der Waals surface area contributed by atoms with Gasteiger partial charge in [-0.2, -0.15) is 0 Å². The van der Waals surface area contributed by atoms with E-state index in [0.29, 0.717) is 11.4 Å². The molecule has 3 amide bonds. The molecule has 1 fully saturated rings. The highest BCUT2D eigenvalue weighted by Gasteiger charge is 2.51. The first-order chi connectivity index (χ1) is 11.5. The van der Waals surface area contributed by atoms with Crippen LogP contribution in [0.2, 0.25) is 5.02 Å². The number of hydrogen-bond acceptors (Lipinski definition) is 2. The Labute approximate surface area is 153 Å². The number of rotatable bonds is 4. The lowest BCUT2D eigenvalue weighted by molar-refractivity contribution is -0.132. The Hall–Kier alpha value is -1.85. The van der Waals surface area contributed by atoms with Gasteiger partial charge in [0.2, 0.25) is 0 Å². The zero-order valence-corrected chi connectivity index (χ0v) is 15.4. The molecule has 0 aliphatic carbocycles. The van der Waals surface area contributed by atoms with Crippen LogP contribution >= 0.6 is 27.5 Å². The largest absolute Gasteiger partial charge is 0.325 e. The summed E-state index contributed by atoms with van der Waals surface area (Å²) in [6.07, 6.45) is 0.466. The van der Waals surface area contributed by atoms with Crippen LogP contribution in [0.4, 0.5) is 4.79 Å². The van der Waals surface area contributed by atoms with Crippen LogP contribution < -0.4 is 5.32 Å². The molecule has 2 aromatic carbocycles. The fourth-order valence-corrected chi connectivity index (χ4v) is 3.53. The van der Waals surface area contributed by atoms with E-state index in [1.165, 1.54) is 4.90 Å². The number of amides is 3. The number of carbonyl (C=O) groups excluding carboxylic acids is 2. The van der Waals surface area contributed by atoms with E-state index in [-0.39, 0.29) is 18.5 Å². The van der Waals surface area contributed by atoms with Gasteiger partial charge in [0, 0.05) is 9.50 Å². The van der Waals surface area contributed by atoms with E-state index < -0.39 is 5.54 Å². The summed E-state index contributed by atoms with van der Waals surface area (Å²) >= 11 is 9.34. The van der Waals surface area contributed by atoms with Crippen molar-refractivity contribution in [2.24, 2.45) is 0 Å². The fraction of sp³-hybridized carbons (Fsp3) is 0.222. The minimum absolute atomic E-state index is 0.236. The van der Waals surface area contributed by atoms with Crippen LogP contribution in [0.15, 0.2) is 53.0 Å². The molecule has 1 atom stereocenters. The normalized spacial score (nSPS) is 20.4. The van der Waals surface area contributed by atoms with Gasteiger partial charge in [-0.1, -0.05) is 58.7 Å². The van der Waals surface area contributed by atoms with E-state index in [9.17, 15) is 9.59 Å². The van der Waals surface area contributed by atoms with Gasteiger partial charge in [-0.15, -0.1) is 0 Å². The van der Waals surface area contributed by atoms with Crippen LogP contribution in [0.5, 0.6) is 0 Å². The number of carbonyl (C=O) groups is 2. The number of urea groups is 1. The zero-order valence-electron chi connectivity index (χ0n) is 13.1. The molecular weight excluding hydrogens is 392 g/mol. The molecule has 1 aliphatic rings. The van der Waals surface area contributed by atoms with E-state index in [1.807, 2.05) is 31.2 Å². The molecule has 1 N–H and O–H groups in total. The number of nitrogens with zero attached hydrogens (tertiary/aromatic N) is 1. The maximum Gasteiger partial charge on any atom is 0.325 e. The summed E-state index contributed by atoms with van der Waals surface area (Å²) in [6, 6.07) is 14.2. The van der Waals surface area contributed by atoms with Crippen LogP contribution in [0.25, 0.3) is 0 Å². The summed E-state index contributed by atoms with van der Waals surface area (Å²) in [5, 5.41) is 3.46. The first-order valence-corrected chi connectivity index (χ1v) is 8.78. The maximum atomic E-state index is 13.0. The van der Waals surface area contributed by atoms with Crippen molar-refractivity contribution in [3.8, 4) is 0 Å². The minimum Gasteiger partial charge on any atom is -0.319 e. The Kier molecular flexibility index (Phi) is 4.65. The monoisotopic (exact) mass is 406 g/mol. The molecule has 1 saturated heterocycles. The molecule has 1 aliphatic heterocycles. The standard InChI is InChI=1S/C18H16BrClN2O2/c1-2-18(13-6-8-15(20)9-7-13)16(23)22(17(24)21-18)11-12-4-3-5-14(19)10-12/h3-10H,2,11H2,1H3,(H,21,24)/t18-/m0/s1. The Morgan fingerprint density at radius 1 is 1.17 bits per heavy atom. The predicted molar refractivity (Wildman–Crippen MR) is 96.6 cm³/mol. The van der Waals surface area contributed by atoms with Crippen molar-refractivity contribution >= 4 is 39.5 Å². The summed E-state index contributed by atoms with van der Waals surface area (Å²) in [4.78, 5) is 26.8. The van der Waals surface area contributed by atoms with E-state index in [4.69, 9.17) is 11.6 Å². The number of nitrogens with one attached hydrogen (secondary N) is 1. The van der Waals surface area contributed by atoms with Gasteiger partial charge in [-0.05, 0) is 41.8 Å². The molecule has 24 heavy (non-hydrogen) atoms. The van der Waals surface area contributed by atoms with Gasteiger partial charge >= 0.3 is 6.03 Å². The number of benzene rings is 2. The zero-order chi connectivity index (χ0) is 17.3. The van der Waals surface area contributed by atoms with Gasteiger partial charge < -0.3 is 5.32 Å². The molecule has 0 aromatic heterocycles. The highest BCUT2D eigenvalue weighted by atomic mass is 79.9. The third kappa shape index (κ3) is 2.94. The van der Waals surface area contributed by atoms with Crippen molar-refractivity contribution in [2.45, 2.75) is 25.4 Å². The number of hydrogen-bond donors (Lipinski definition) is 1. The van der Waals surface area contributed by atoms with Crippen molar-refractivity contribution in [1.29, 1.82) is 0 Å².